The van der Waals surface area contributed by atoms with Gasteiger partial charge >= 0.3 is 5.97 Å². The van der Waals surface area contributed by atoms with Gasteiger partial charge in [0.1, 0.15) is 5.67 Å². The van der Waals surface area contributed by atoms with Crippen LogP contribution in [0.25, 0.3) is 10.9 Å². The zero-order chi connectivity index (χ0) is 24.4. The molecule has 2 aliphatic heterocycles. The minimum Gasteiger partial charge on any atom is -0.478 e. The standard InChI is InChI=1S/C29H36FN3O2/c1-21-26(18-22-6-8-24(9-7-22)28(34)35)25-4-2-3-5-27(25)33(21)19-23-10-16-32(17-11-23)20-29(30)12-14-31-15-13-29/h2-9,23,31H,10-20H2,1H3,(H,34,35). The number of carboxylic acids is 1. The van der Waals surface area contributed by atoms with Gasteiger partial charge in [-0.3, -0.25) is 0 Å². The molecular weight excluding hydrogens is 441 g/mol. The number of hydrogen-bond acceptors (Lipinski definition) is 3. The first kappa shape index (κ1) is 24.0. The number of piperidine rings is 2. The maximum Gasteiger partial charge on any atom is 0.335 e. The van der Waals surface area contributed by atoms with Crippen LogP contribution in [0.5, 0.6) is 0 Å². The Labute approximate surface area is 206 Å². The van der Waals surface area contributed by atoms with Crippen LogP contribution in [-0.2, 0) is 13.0 Å². The van der Waals surface area contributed by atoms with Crippen molar-refractivity contribution in [3.8, 4) is 0 Å². The SMILES string of the molecule is Cc1c(Cc2ccc(C(=O)O)cc2)c2ccccc2n1CC1CCN(CC2(F)CCNCC2)CC1. The fraction of sp³-hybridized carbons (Fsp3) is 0.483. The molecule has 3 heterocycles. The molecule has 1 aromatic heterocycles. The predicted molar refractivity (Wildman–Crippen MR) is 138 cm³/mol. The minimum absolute atomic E-state index is 0.318. The summed E-state index contributed by atoms with van der Waals surface area (Å²) in [4.78, 5) is 13.5. The van der Waals surface area contributed by atoms with E-state index in [0.717, 1.165) is 57.5 Å². The molecule has 2 saturated heterocycles. The second-order valence-corrected chi connectivity index (χ2v) is 10.5. The van der Waals surface area contributed by atoms with Gasteiger partial charge in [0.05, 0.1) is 5.56 Å². The monoisotopic (exact) mass is 477 g/mol. The molecule has 0 bridgehead atoms. The summed E-state index contributed by atoms with van der Waals surface area (Å²) in [6.45, 7) is 7.31. The molecule has 0 radical (unpaired) electrons. The van der Waals surface area contributed by atoms with Gasteiger partial charge in [0.2, 0.25) is 0 Å². The molecule has 0 atom stereocenters. The van der Waals surface area contributed by atoms with E-state index in [2.05, 4.69) is 46.0 Å². The number of aromatic nitrogens is 1. The van der Waals surface area contributed by atoms with Gasteiger partial charge in [0.15, 0.2) is 0 Å². The number of fused-ring (bicyclic) bond motifs is 1. The van der Waals surface area contributed by atoms with Crippen LogP contribution in [0.15, 0.2) is 48.5 Å². The van der Waals surface area contributed by atoms with Crippen molar-refractivity contribution in [1.82, 2.24) is 14.8 Å². The maximum absolute atomic E-state index is 15.2. The Morgan fingerprint density at radius 2 is 1.77 bits per heavy atom. The highest BCUT2D eigenvalue weighted by Gasteiger charge is 2.35. The normalized spacial score (nSPS) is 19.3. The number of carboxylic acid groups (broad SMARTS) is 1. The summed E-state index contributed by atoms with van der Waals surface area (Å²) in [7, 11) is 0. The molecule has 6 heteroatoms. The molecule has 0 unspecified atom stereocenters. The summed E-state index contributed by atoms with van der Waals surface area (Å²) in [5.41, 5.74) is 4.27. The molecule has 0 spiro atoms. The second kappa shape index (κ2) is 10.1. The third kappa shape index (κ3) is 5.29. The molecule has 5 nitrogen and oxygen atoms in total. The van der Waals surface area contributed by atoms with Crippen LogP contribution in [-0.4, -0.2) is 58.9 Å². The van der Waals surface area contributed by atoms with Gasteiger partial charge in [-0.1, -0.05) is 30.3 Å². The van der Waals surface area contributed by atoms with Crippen molar-refractivity contribution in [3.05, 3.63) is 70.9 Å². The van der Waals surface area contributed by atoms with Gasteiger partial charge in [-0.05, 0) is 100 Å². The number of rotatable bonds is 7. The third-order valence-electron chi connectivity index (χ3n) is 8.10. The number of benzene rings is 2. The van der Waals surface area contributed by atoms with E-state index < -0.39 is 11.6 Å². The minimum atomic E-state index is -1.02. The molecule has 5 rings (SSSR count). The fourth-order valence-electron chi connectivity index (χ4n) is 5.95. The number of carbonyl (C=O) groups is 1. The predicted octanol–water partition coefficient (Wildman–Crippen LogP) is 5.04. The number of alkyl halides is 1. The molecular formula is C29H36FN3O2. The summed E-state index contributed by atoms with van der Waals surface area (Å²) in [6.07, 6.45) is 4.25. The molecule has 186 valence electrons. The molecule has 2 aliphatic rings. The third-order valence-corrected chi connectivity index (χ3v) is 8.10. The molecule has 0 amide bonds. The van der Waals surface area contributed by atoms with E-state index in [-0.39, 0.29) is 0 Å². The smallest absolute Gasteiger partial charge is 0.335 e. The summed E-state index contributed by atoms with van der Waals surface area (Å²) >= 11 is 0. The Morgan fingerprint density at radius 1 is 1.09 bits per heavy atom. The highest BCUT2D eigenvalue weighted by Crippen LogP contribution is 2.32. The molecule has 0 saturated carbocycles. The van der Waals surface area contributed by atoms with Crippen molar-refractivity contribution in [3.63, 3.8) is 0 Å². The Morgan fingerprint density at radius 3 is 2.46 bits per heavy atom. The first-order valence-electron chi connectivity index (χ1n) is 12.9. The van der Waals surface area contributed by atoms with E-state index in [1.54, 1.807) is 12.1 Å². The van der Waals surface area contributed by atoms with Crippen LogP contribution in [0.2, 0.25) is 0 Å². The van der Waals surface area contributed by atoms with Crippen LogP contribution >= 0.6 is 0 Å². The molecule has 2 fully saturated rings. The number of halogens is 1. The van der Waals surface area contributed by atoms with Crippen LogP contribution in [0, 0.1) is 12.8 Å². The van der Waals surface area contributed by atoms with Crippen LogP contribution in [0.3, 0.4) is 0 Å². The van der Waals surface area contributed by atoms with Crippen LogP contribution in [0.1, 0.15) is 52.9 Å². The largest absolute Gasteiger partial charge is 0.478 e. The summed E-state index contributed by atoms with van der Waals surface area (Å²) in [5.74, 6) is -0.306. The van der Waals surface area contributed by atoms with Gasteiger partial charge < -0.3 is 19.9 Å². The van der Waals surface area contributed by atoms with Gasteiger partial charge in [-0.25, -0.2) is 9.18 Å². The van der Waals surface area contributed by atoms with Gasteiger partial charge in [-0.2, -0.15) is 0 Å². The van der Waals surface area contributed by atoms with Crippen LogP contribution in [0.4, 0.5) is 4.39 Å². The Bertz CT molecular complexity index is 1170. The number of nitrogens with one attached hydrogen (secondary N) is 1. The van der Waals surface area contributed by atoms with E-state index in [4.69, 9.17) is 0 Å². The number of aromatic carboxylic acids is 1. The summed E-state index contributed by atoms with van der Waals surface area (Å²) in [5, 5.41) is 13.7. The van der Waals surface area contributed by atoms with E-state index in [1.807, 2.05) is 12.1 Å². The van der Waals surface area contributed by atoms with Crippen molar-refractivity contribution in [2.45, 2.75) is 51.2 Å². The van der Waals surface area contributed by atoms with E-state index in [0.29, 0.717) is 30.9 Å². The Hall–Kier alpha value is -2.70. The highest BCUT2D eigenvalue weighted by molar-refractivity contribution is 5.88. The van der Waals surface area contributed by atoms with Crippen molar-refractivity contribution in [1.29, 1.82) is 0 Å². The number of hydrogen-bond donors (Lipinski definition) is 2. The van der Waals surface area contributed by atoms with Crippen molar-refractivity contribution in [2.75, 3.05) is 32.7 Å². The summed E-state index contributed by atoms with van der Waals surface area (Å²) < 4.78 is 17.6. The van der Waals surface area contributed by atoms with Gasteiger partial charge in [0, 0.05) is 29.7 Å². The fourth-order valence-corrected chi connectivity index (χ4v) is 5.95. The van der Waals surface area contributed by atoms with Gasteiger partial charge in [-0.15, -0.1) is 0 Å². The Kier molecular flexibility index (Phi) is 6.94. The molecule has 35 heavy (non-hydrogen) atoms. The Balaban J connectivity index is 1.28. The lowest BCUT2D eigenvalue weighted by Gasteiger charge is -2.38. The second-order valence-electron chi connectivity index (χ2n) is 10.5. The number of nitrogens with zero attached hydrogens (tertiary/aromatic N) is 2. The van der Waals surface area contributed by atoms with Gasteiger partial charge in [0.25, 0.3) is 0 Å². The zero-order valence-electron chi connectivity index (χ0n) is 20.6. The van der Waals surface area contributed by atoms with Crippen molar-refractivity contribution in [2.24, 2.45) is 5.92 Å². The molecule has 0 aliphatic carbocycles. The number of likely N-dealkylation sites (tertiary alicyclic amines) is 1. The van der Waals surface area contributed by atoms with Crippen molar-refractivity contribution >= 4 is 16.9 Å². The first-order chi connectivity index (χ1) is 16.9. The van der Waals surface area contributed by atoms with E-state index in [1.165, 1.54) is 22.2 Å². The average molecular weight is 478 g/mol. The topological polar surface area (TPSA) is 57.5 Å². The van der Waals surface area contributed by atoms with E-state index >= 15 is 4.39 Å². The zero-order valence-corrected chi connectivity index (χ0v) is 20.6. The summed E-state index contributed by atoms with van der Waals surface area (Å²) in [6, 6.07) is 15.8. The number of para-hydroxylation sites is 1. The maximum atomic E-state index is 15.2. The highest BCUT2D eigenvalue weighted by atomic mass is 19.1. The molecule has 2 aromatic carbocycles. The average Bonchev–Trinajstić information content (AvgIpc) is 3.12. The lowest BCUT2D eigenvalue weighted by molar-refractivity contribution is 0.0446. The molecule has 3 aromatic rings. The lowest BCUT2D eigenvalue weighted by atomic mass is 9.91. The van der Waals surface area contributed by atoms with Crippen LogP contribution < -0.4 is 5.32 Å². The first-order valence-corrected chi connectivity index (χ1v) is 12.9. The molecule has 2 N–H and O–H groups in total. The van der Waals surface area contributed by atoms with E-state index in [9.17, 15) is 9.90 Å². The lowest BCUT2D eigenvalue weighted by Crippen LogP contribution is -2.49. The quantitative estimate of drug-likeness (QED) is 0.501. The van der Waals surface area contributed by atoms with Crippen molar-refractivity contribution < 1.29 is 14.3 Å².